The SMILES string of the molecule is COc1cc(C(=O)Nc2ccnn2Cc2ccccc2Cl)cc(OC)c1Br. The van der Waals surface area contributed by atoms with Crippen LogP contribution in [0.1, 0.15) is 15.9 Å². The minimum atomic E-state index is -0.306. The van der Waals surface area contributed by atoms with Gasteiger partial charge in [0.2, 0.25) is 0 Å². The Hall–Kier alpha value is -2.51. The number of carbonyl (C=O) groups excluding carboxylic acids is 1. The zero-order valence-electron chi connectivity index (χ0n) is 14.7. The van der Waals surface area contributed by atoms with E-state index in [2.05, 4.69) is 26.3 Å². The van der Waals surface area contributed by atoms with Crippen molar-refractivity contribution < 1.29 is 14.3 Å². The Morgan fingerprint density at radius 2 is 1.85 bits per heavy atom. The minimum absolute atomic E-state index is 0.306. The van der Waals surface area contributed by atoms with E-state index in [0.717, 1.165) is 5.56 Å². The molecule has 1 amide bonds. The molecule has 0 bridgehead atoms. The Morgan fingerprint density at radius 1 is 1.19 bits per heavy atom. The van der Waals surface area contributed by atoms with Gasteiger partial charge in [-0.05, 0) is 39.7 Å². The molecule has 6 nitrogen and oxygen atoms in total. The molecule has 0 saturated heterocycles. The maximum Gasteiger partial charge on any atom is 0.257 e. The van der Waals surface area contributed by atoms with Crippen molar-refractivity contribution in [3.05, 3.63) is 69.3 Å². The molecule has 1 heterocycles. The van der Waals surface area contributed by atoms with Crippen LogP contribution in [0.4, 0.5) is 5.82 Å². The number of ether oxygens (including phenoxy) is 2. The van der Waals surface area contributed by atoms with Crippen molar-refractivity contribution in [2.24, 2.45) is 0 Å². The van der Waals surface area contributed by atoms with Gasteiger partial charge in [-0.25, -0.2) is 4.68 Å². The highest BCUT2D eigenvalue weighted by Gasteiger charge is 2.16. The van der Waals surface area contributed by atoms with Crippen LogP contribution in [0.25, 0.3) is 0 Å². The highest BCUT2D eigenvalue weighted by molar-refractivity contribution is 9.10. The number of aromatic nitrogens is 2. The highest BCUT2D eigenvalue weighted by atomic mass is 79.9. The van der Waals surface area contributed by atoms with Crippen molar-refractivity contribution in [2.45, 2.75) is 6.54 Å². The van der Waals surface area contributed by atoms with E-state index in [9.17, 15) is 4.79 Å². The summed E-state index contributed by atoms with van der Waals surface area (Å²) in [5.74, 6) is 1.26. The lowest BCUT2D eigenvalue weighted by molar-refractivity contribution is 0.102. The molecule has 8 heteroatoms. The second-order valence-electron chi connectivity index (χ2n) is 5.61. The Labute approximate surface area is 170 Å². The lowest BCUT2D eigenvalue weighted by Gasteiger charge is -2.13. The van der Waals surface area contributed by atoms with Gasteiger partial charge in [0, 0.05) is 16.7 Å². The van der Waals surface area contributed by atoms with Gasteiger partial charge in [-0.15, -0.1) is 0 Å². The van der Waals surface area contributed by atoms with Crippen molar-refractivity contribution in [2.75, 3.05) is 19.5 Å². The maximum absolute atomic E-state index is 12.7. The highest BCUT2D eigenvalue weighted by Crippen LogP contribution is 2.35. The summed E-state index contributed by atoms with van der Waals surface area (Å²) in [6.07, 6.45) is 1.62. The first-order chi connectivity index (χ1) is 13.0. The predicted molar refractivity (Wildman–Crippen MR) is 108 cm³/mol. The van der Waals surface area contributed by atoms with Gasteiger partial charge in [0.05, 0.1) is 27.0 Å². The summed E-state index contributed by atoms with van der Waals surface area (Å²) in [7, 11) is 3.06. The zero-order valence-corrected chi connectivity index (χ0v) is 17.0. The maximum atomic E-state index is 12.7. The second-order valence-corrected chi connectivity index (χ2v) is 6.81. The van der Waals surface area contributed by atoms with Crippen molar-refractivity contribution in [3.8, 4) is 11.5 Å². The molecule has 27 heavy (non-hydrogen) atoms. The van der Waals surface area contributed by atoms with Crippen LogP contribution in [0.3, 0.4) is 0 Å². The van der Waals surface area contributed by atoms with Gasteiger partial charge in [-0.3, -0.25) is 4.79 Å². The molecule has 0 aliphatic heterocycles. The topological polar surface area (TPSA) is 65.4 Å². The van der Waals surface area contributed by atoms with Crippen LogP contribution in [0.2, 0.25) is 5.02 Å². The Balaban J connectivity index is 1.84. The van der Waals surface area contributed by atoms with E-state index in [0.29, 0.717) is 38.9 Å². The Kier molecular flexibility index (Phi) is 6.03. The predicted octanol–water partition coefficient (Wildman–Crippen LogP) is 4.62. The third-order valence-corrected chi connectivity index (χ3v) is 5.09. The molecule has 3 aromatic rings. The average molecular weight is 451 g/mol. The normalized spacial score (nSPS) is 10.5. The van der Waals surface area contributed by atoms with E-state index < -0.39 is 0 Å². The quantitative estimate of drug-likeness (QED) is 0.595. The van der Waals surface area contributed by atoms with Gasteiger partial charge >= 0.3 is 0 Å². The molecular formula is C19H17BrClN3O3. The summed E-state index contributed by atoms with van der Waals surface area (Å²) in [6.45, 7) is 0.440. The van der Waals surface area contributed by atoms with Gasteiger partial charge in [0.1, 0.15) is 21.8 Å². The first-order valence-corrected chi connectivity index (χ1v) is 9.18. The largest absolute Gasteiger partial charge is 0.495 e. The van der Waals surface area contributed by atoms with Gasteiger partial charge in [0.25, 0.3) is 5.91 Å². The van der Waals surface area contributed by atoms with Crippen LogP contribution in [-0.4, -0.2) is 29.9 Å². The number of hydrogen-bond acceptors (Lipinski definition) is 4. The number of carbonyl (C=O) groups is 1. The number of nitrogens with zero attached hydrogens (tertiary/aromatic N) is 2. The summed E-state index contributed by atoms with van der Waals surface area (Å²) in [4.78, 5) is 12.7. The van der Waals surface area contributed by atoms with Crippen LogP contribution in [-0.2, 0) is 6.54 Å². The summed E-state index contributed by atoms with van der Waals surface area (Å²) in [5, 5.41) is 7.77. The molecule has 0 atom stereocenters. The van der Waals surface area contributed by atoms with E-state index >= 15 is 0 Å². The molecule has 140 valence electrons. The van der Waals surface area contributed by atoms with Crippen LogP contribution in [0, 0.1) is 0 Å². The number of anilines is 1. The monoisotopic (exact) mass is 449 g/mol. The van der Waals surface area contributed by atoms with Gasteiger partial charge < -0.3 is 14.8 Å². The number of halogens is 2. The van der Waals surface area contributed by atoms with Crippen LogP contribution in [0.15, 0.2) is 53.1 Å². The van der Waals surface area contributed by atoms with Crippen LogP contribution < -0.4 is 14.8 Å². The van der Waals surface area contributed by atoms with E-state index in [1.54, 1.807) is 29.1 Å². The van der Waals surface area contributed by atoms with E-state index in [1.807, 2.05) is 24.3 Å². The molecule has 0 fully saturated rings. The van der Waals surface area contributed by atoms with Crippen molar-refractivity contribution in [3.63, 3.8) is 0 Å². The number of amides is 1. The van der Waals surface area contributed by atoms with Gasteiger partial charge in [0.15, 0.2) is 0 Å². The molecule has 1 aromatic heterocycles. The molecule has 0 saturated carbocycles. The van der Waals surface area contributed by atoms with E-state index in [-0.39, 0.29) is 5.91 Å². The molecule has 0 aliphatic carbocycles. The number of methoxy groups -OCH3 is 2. The minimum Gasteiger partial charge on any atom is -0.495 e. The lowest BCUT2D eigenvalue weighted by Crippen LogP contribution is -2.16. The van der Waals surface area contributed by atoms with E-state index in [4.69, 9.17) is 21.1 Å². The standard InChI is InChI=1S/C19H17BrClN3O3/c1-26-15-9-13(10-16(27-2)18(15)20)19(25)23-17-7-8-22-24(17)11-12-5-3-4-6-14(12)21/h3-10H,11H2,1-2H3,(H,23,25). The molecule has 0 radical (unpaired) electrons. The second kappa shape index (κ2) is 8.45. The third-order valence-electron chi connectivity index (χ3n) is 3.94. The Morgan fingerprint density at radius 3 is 2.48 bits per heavy atom. The third kappa shape index (κ3) is 4.26. The summed E-state index contributed by atoms with van der Waals surface area (Å²) in [5.41, 5.74) is 1.31. The fourth-order valence-electron chi connectivity index (χ4n) is 2.54. The smallest absolute Gasteiger partial charge is 0.257 e. The summed E-state index contributed by atoms with van der Waals surface area (Å²) in [6, 6.07) is 12.5. The van der Waals surface area contributed by atoms with Crippen LogP contribution in [0.5, 0.6) is 11.5 Å². The number of nitrogens with one attached hydrogen (secondary N) is 1. The summed E-state index contributed by atoms with van der Waals surface area (Å²) < 4.78 is 12.9. The molecule has 2 aromatic carbocycles. The molecule has 0 spiro atoms. The molecule has 3 rings (SSSR count). The van der Waals surface area contributed by atoms with E-state index in [1.165, 1.54) is 14.2 Å². The molecular weight excluding hydrogens is 434 g/mol. The number of rotatable bonds is 6. The first-order valence-electron chi connectivity index (χ1n) is 8.01. The van der Waals surface area contributed by atoms with Crippen molar-refractivity contribution in [1.29, 1.82) is 0 Å². The fourth-order valence-corrected chi connectivity index (χ4v) is 3.29. The number of hydrogen-bond donors (Lipinski definition) is 1. The fraction of sp³-hybridized carbons (Fsp3) is 0.158. The van der Waals surface area contributed by atoms with Gasteiger partial charge in [-0.1, -0.05) is 29.8 Å². The number of benzene rings is 2. The Bertz CT molecular complexity index is 949. The van der Waals surface area contributed by atoms with Gasteiger partial charge in [-0.2, -0.15) is 5.10 Å². The zero-order chi connectivity index (χ0) is 19.4. The van der Waals surface area contributed by atoms with Crippen molar-refractivity contribution in [1.82, 2.24) is 9.78 Å². The van der Waals surface area contributed by atoms with Crippen LogP contribution >= 0.6 is 27.5 Å². The van der Waals surface area contributed by atoms with Crippen molar-refractivity contribution >= 4 is 39.3 Å². The molecule has 0 unspecified atom stereocenters. The first kappa shape index (κ1) is 19.3. The molecule has 0 aliphatic rings. The average Bonchev–Trinajstić information content (AvgIpc) is 3.10. The molecule has 1 N–H and O–H groups in total. The summed E-state index contributed by atoms with van der Waals surface area (Å²) >= 11 is 9.61. The lowest BCUT2D eigenvalue weighted by atomic mass is 10.2.